The Morgan fingerprint density at radius 2 is 1.47 bits per heavy atom. The van der Waals surface area contributed by atoms with Crippen LogP contribution < -0.4 is 20.7 Å². The first kappa shape index (κ1) is 35.0. The van der Waals surface area contributed by atoms with Crippen LogP contribution in [-0.4, -0.2) is 29.8 Å². The van der Waals surface area contributed by atoms with Gasteiger partial charge in [-0.15, -0.1) is 11.8 Å². The molecule has 0 unspecified atom stereocenters. The smallest absolute Gasteiger partial charge is 0.272 e. The van der Waals surface area contributed by atoms with E-state index in [0.29, 0.717) is 33.7 Å². The third-order valence-corrected chi connectivity index (χ3v) is 10.3. The van der Waals surface area contributed by atoms with Crippen LogP contribution in [0.15, 0.2) is 161 Å². The maximum absolute atomic E-state index is 13.7. The number of aromatic nitrogens is 1. The highest BCUT2D eigenvalue weighted by Gasteiger charge is 2.24. The largest absolute Gasteiger partial charge is 0.496 e. The summed E-state index contributed by atoms with van der Waals surface area (Å²) < 4.78 is 12.5. The molecule has 7 rings (SSSR count). The topological polar surface area (TPSA) is 123 Å². The molecule has 11 heteroatoms. The SMILES string of the molecule is COc1ccccc1-c1ccc(/C=C(\NC(=O)c2ccccc2)C(=O)Nc2ccc(S[C@H](C(=O)Nc3nc4ccccc4s3)c3ccccc3)cc2)o1. The quantitative estimate of drug-likeness (QED) is 0.0844. The van der Waals surface area contributed by atoms with Crippen molar-refractivity contribution in [1.82, 2.24) is 10.3 Å². The highest BCUT2D eigenvalue weighted by Crippen LogP contribution is 2.38. The van der Waals surface area contributed by atoms with Crippen LogP contribution >= 0.6 is 23.1 Å². The first-order valence-electron chi connectivity index (χ1n) is 16.5. The summed E-state index contributed by atoms with van der Waals surface area (Å²) in [6.45, 7) is 0. The van der Waals surface area contributed by atoms with Crippen LogP contribution in [-0.2, 0) is 9.59 Å². The minimum atomic E-state index is -0.569. The molecule has 5 aromatic carbocycles. The van der Waals surface area contributed by atoms with E-state index in [1.165, 1.54) is 29.2 Å². The number of anilines is 2. The second-order valence-electron chi connectivity index (χ2n) is 11.6. The molecule has 2 aromatic heterocycles. The number of hydrogen-bond donors (Lipinski definition) is 3. The number of nitrogens with zero attached hydrogens (tertiary/aromatic N) is 1. The van der Waals surface area contributed by atoms with Crippen molar-refractivity contribution in [3.05, 3.63) is 168 Å². The van der Waals surface area contributed by atoms with Crippen LogP contribution in [0, 0.1) is 0 Å². The molecule has 0 aliphatic rings. The lowest BCUT2D eigenvalue weighted by Crippen LogP contribution is -2.30. The molecule has 1 atom stereocenters. The summed E-state index contributed by atoms with van der Waals surface area (Å²) >= 11 is 2.81. The maximum Gasteiger partial charge on any atom is 0.272 e. The number of nitrogens with one attached hydrogen (secondary N) is 3. The van der Waals surface area contributed by atoms with Gasteiger partial charge in [-0.1, -0.05) is 84.1 Å². The van der Waals surface area contributed by atoms with Crippen molar-refractivity contribution in [1.29, 1.82) is 0 Å². The van der Waals surface area contributed by atoms with Crippen molar-refractivity contribution in [3.63, 3.8) is 0 Å². The minimum Gasteiger partial charge on any atom is -0.496 e. The van der Waals surface area contributed by atoms with Gasteiger partial charge in [0.15, 0.2) is 5.13 Å². The molecular formula is C42H32N4O5S2. The number of furan rings is 1. The van der Waals surface area contributed by atoms with Gasteiger partial charge in [0.05, 0.1) is 22.9 Å². The zero-order valence-corrected chi connectivity index (χ0v) is 29.9. The minimum absolute atomic E-state index is 0.0195. The van der Waals surface area contributed by atoms with Crippen LogP contribution in [0.25, 0.3) is 27.6 Å². The summed E-state index contributed by atoms with van der Waals surface area (Å²) in [5.74, 6) is 0.325. The zero-order chi connectivity index (χ0) is 36.6. The van der Waals surface area contributed by atoms with Crippen LogP contribution in [0.3, 0.4) is 0 Å². The Bertz CT molecular complexity index is 2370. The zero-order valence-electron chi connectivity index (χ0n) is 28.3. The Kier molecular flexibility index (Phi) is 10.7. The lowest BCUT2D eigenvalue weighted by molar-refractivity contribution is -0.116. The van der Waals surface area contributed by atoms with E-state index in [2.05, 4.69) is 20.9 Å². The summed E-state index contributed by atoms with van der Waals surface area (Å²) in [5.41, 5.74) is 3.27. The first-order chi connectivity index (χ1) is 25.9. The number of amides is 3. The molecule has 0 aliphatic carbocycles. The van der Waals surface area contributed by atoms with Crippen LogP contribution in [0.2, 0.25) is 0 Å². The predicted octanol–water partition coefficient (Wildman–Crippen LogP) is 9.45. The van der Waals surface area contributed by atoms with Gasteiger partial charge >= 0.3 is 0 Å². The Morgan fingerprint density at radius 3 is 2.23 bits per heavy atom. The van der Waals surface area contributed by atoms with Gasteiger partial charge < -0.3 is 25.1 Å². The molecule has 3 N–H and O–H groups in total. The van der Waals surface area contributed by atoms with Gasteiger partial charge in [0, 0.05) is 22.2 Å². The van der Waals surface area contributed by atoms with Crippen molar-refractivity contribution in [2.45, 2.75) is 10.1 Å². The molecule has 0 saturated carbocycles. The number of para-hydroxylation sites is 2. The number of ether oxygens (including phenoxy) is 1. The fraction of sp³-hybridized carbons (Fsp3) is 0.0476. The Morgan fingerprint density at radius 1 is 0.774 bits per heavy atom. The maximum atomic E-state index is 13.7. The Labute approximate surface area is 313 Å². The van der Waals surface area contributed by atoms with Crippen molar-refractivity contribution >= 4 is 67.9 Å². The summed E-state index contributed by atoms with van der Waals surface area (Å²) in [6, 6.07) is 44.0. The van der Waals surface area contributed by atoms with Gasteiger partial charge in [-0.3, -0.25) is 14.4 Å². The number of thioether (sulfide) groups is 1. The molecule has 3 amide bonds. The lowest BCUT2D eigenvalue weighted by atomic mass is 10.1. The number of methoxy groups -OCH3 is 1. The second-order valence-corrected chi connectivity index (χ2v) is 13.9. The van der Waals surface area contributed by atoms with E-state index in [1.807, 2.05) is 97.1 Å². The van der Waals surface area contributed by atoms with E-state index in [4.69, 9.17) is 9.15 Å². The van der Waals surface area contributed by atoms with Gasteiger partial charge in [-0.05, 0) is 78.4 Å². The molecule has 53 heavy (non-hydrogen) atoms. The van der Waals surface area contributed by atoms with E-state index < -0.39 is 17.1 Å². The third-order valence-electron chi connectivity index (χ3n) is 8.05. The highest BCUT2D eigenvalue weighted by atomic mass is 32.2. The molecule has 0 radical (unpaired) electrons. The number of hydrogen-bond acceptors (Lipinski definition) is 8. The van der Waals surface area contributed by atoms with E-state index >= 15 is 0 Å². The second kappa shape index (κ2) is 16.3. The Hall–Kier alpha value is -6.43. The van der Waals surface area contributed by atoms with E-state index in [-0.39, 0.29) is 11.6 Å². The van der Waals surface area contributed by atoms with Crippen molar-refractivity contribution in [2.24, 2.45) is 0 Å². The molecular weight excluding hydrogens is 705 g/mol. The standard InChI is InChI=1S/C42H32N4O5S2/c1-50-35-18-10-8-16-32(35)36-25-22-30(51-36)26-34(44-39(47)28-14-6-3-7-15-28)40(48)43-29-20-23-31(24-21-29)52-38(27-12-4-2-5-13-27)41(49)46-42-45-33-17-9-11-19-37(33)53-42/h2-26,38H,1H3,(H,43,48)(H,44,47)(H,45,46,49)/b34-26-/t38-/m0/s1. The molecule has 7 aromatic rings. The predicted molar refractivity (Wildman–Crippen MR) is 211 cm³/mol. The van der Waals surface area contributed by atoms with Crippen molar-refractivity contribution in [2.75, 3.05) is 17.7 Å². The molecule has 0 fully saturated rings. The average molecular weight is 737 g/mol. The summed E-state index contributed by atoms with van der Waals surface area (Å²) in [5, 5.41) is 8.58. The molecule has 0 bridgehead atoms. The van der Waals surface area contributed by atoms with E-state index in [9.17, 15) is 14.4 Å². The van der Waals surface area contributed by atoms with E-state index in [1.54, 1.807) is 55.6 Å². The number of carbonyl (C=O) groups excluding carboxylic acids is 3. The van der Waals surface area contributed by atoms with Gasteiger partial charge in [0.2, 0.25) is 5.91 Å². The first-order valence-corrected chi connectivity index (χ1v) is 18.2. The van der Waals surface area contributed by atoms with E-state index in [0.717, 1.165) is 26.2 Å². The highest BCUT2D eigenvalue weighted by molar-refractivity contribution is 8.00. The van der Waals surface area contributed by atoms with Crippen LogP contribution in [0.4, 0.5) is 10.8 Å². The monoisotopic (exact) mass is 736 g/mol. The van der Waals surface area contributed by atoms with Crippen molar-refractivity contribution < 1.29 is 23.5 Å². The molecule has 2 heterocycles. The third kappa shape index (κ3) is 8.55. The van der Waals surface area contributed by atoms with Gasteiger partial charge in [-0.2, -0.15) is 0 Å². The summed E-state index contributed by atoms with van der Waals surface area (Å²) in [4.78, 5) is 45.9. The lowest BCUT2D eigenvalue weighted by Gasteiger charge is -2.16. The fourth-order valence-corrected chi connectivity index (χ4v) is 7.35. The molecule has 262 valence electrons. The fourth-order valence-electron chi connectivity index (χ4n) is 5.46. The Balaban J connectivity index is 1.09. The number of fused-ring (bicyclic) bond motifs is 1. The molecule has 9 nitrogen and oxygen atoms in total. The summed E-state index contributed by atoms with van der Waals surface area (Å²) in [7, 11) is 1.58. The van der Waals surface area contributed by atoms with Crippen LogP contribution in [0.1, 0.15) is 26.9 Å². The normalized spacial score (nSPS) is 11.8. The van der Waals surface area contributed by atoms with Gasteiger partial charge in [0.1, 0.15) is 28.2 Å². The number of rotatable bonds is 12. The molecule has 0 saturated heterocycles. The molecule has 0 aliphatic heterocycles. The number of benzene rings is 5. The summed E-state index contributed by atoms with van der Waals surface area (Å²) in [6.07, 6.45) is 1.48. The van der Waals surface area contributed by atoms with Crippen molar-refractivity contribution in [3.8, 4) is 17.1 Å². The van der Waals surface area contributed by atoms with Gasteiger partial charge in [0.25, 0.3) is 11.8 Å². The number of carbonyl (C=O) groups is 3. The number of thiazole rings is 1. The average Bonchev–Trinajstić information content (AvgIpc) is 3.84. The molecule has 0 spiro atoms. The van der Waals surface area contributed by atoms with Crippen LogP contribution in [0.5, 0.6) is 5.75 Å². The van der Waals surface area contributed by atoms with Gasteiger partial charge in [-0.25, -0.2) is 4.98 Å².